The summed E-state index contributed by atoms with van der Waals surface area (Å²) >= 11 is 0. The SMILES string of the molecule is O=C(CC[C@@H]1NC(=O)N(Cc2ccco2)C1=O)NCCCCCc1nnc2ccccn12. The van der Waals surface area contributed by atoms with Gasteiger partial charge in [0.1, 0.15) is 17.6 Å². The monoisotopic (exact) mass is 438 g/mol. The Morgan fingerprint density at radius 1 is 1.12 bits per heavy atom. The maximum atomic E-state index is 12.4. The number of furan rings is 1. The first-order chi connectivity index (χ1) is 15.6. The first-order valence-electron chi connectivity index (χ1n) is 10.8. The molecule has 1 aliphatic rings. The zero-order valence-corrected chi connectivity index (χ0v) is 17.7. The highest BCUT2D eigenvalue weighted by molar-refractivity contribution is 6.04. The number of pyridine rings is 1. The van der Waals surface area contributed by atoms with E-state index in [1.54, 1.807) is 12.1 Å². The van der Waals surface area contributed by atoms with Gasteiger partial charge in [0, 0.05) is 25.6 Å². The number of fused-ring (bicyclic) bond motifs is 1. The van der Waals surface area contributed by atoms with Crippen molar-refractivity contribution < 1.29 is 18.8 Å². The Labute approximate surface area is 185 Å². The highest BCUT2D eigenvalue weighted by Gasteiger charge is 2.38. The number of rotatable bonds is 11. The van der Waals surface area contributed by atoms with Gasteiger partial charge in [0.25, 0.3) is 5.91 Å². The van der Waals surface area contributed by atoms with Gasteiger partial charge in [0.2, 0.25) is 5.91 Å². The second kappa shape index (κ2) is 10.1. The fourth-order valence-corrected chi connectivity index (χ4v) is 3.72. The minimum atomic E-state index is -0.679. The molecule has 0 radical (unpaired) electrons. The van der Waals surface area contributed by atoms with Crippen molar-refractivity contribution in [1.82, 2.24) is 30.1 Å². The van der Waals surface area contributed by atoms with Crippen molar-refractivity contribution >= 4 is 23.5 Å². The van der Waals surface area contributed by atoms with E-state index in [-0.39, 0.29) is 31.2 Å². The van der Waals surface area contributed by atoms with Crippen LogP contribution in [-0.2, 0) is 22.6 Å². The van der Waals surface area contributed by atoms with Crippen molar-refractivity contribution in [3.63, 3.8) is 0 Å². The number of aromatic nitrogens is 3. The van der Waals surface area contributed by atoms with Crippen molar-refractivity contribution in [2.45, 2.75) is 51.1 Å². The Hall–Kier alpha value is -3.69. The normalized spacial score (nSPS) is 16.0. The van der Waals surface area contributed by atoms with Gasteiger partial charge >= 0.3 is 6.03 Å². The van der Waals surface area contributed by atoms with Gasteiger partial charge in [-0.2, -0.15) is 0 Å². The summed E-state index contributed by atoms with van der Waals surface area (Å²) < 4.78 is 7.18. The van der Waals surface area contributed by atoms with E-state index in [1.807, 2.05) is 28.8 Å². The molecule has 4 amide bonds. The van der Waals surface area contributed by atoms with E-state index in [4.69, 9.17) is 4.42 Å². The van der Waals surface area contributed by atoms with Crippen LogP contribution in [-0.4, -0.2) is 49.9 Å². The predicted molar refractivity (Wildman–Crippen MR) is 114 cm³/mol. The Morgan fingerprint density at radius 3 is 2.88 bits per heavy atom. The summed E-state index contributed by atoms with van der Waals surface area (Å²) in [5.41, 5.74) is 0.843. The molecule has 0 aromatic carbocycles. The van der Waals surface area contributed by atoms with E-state index < -0.39 is 12.1 Å². The molecule has 4 heterocycles. The Morgan fingerprint density at radius 2 is 2.03 bits per heavy atom. The van der Waals surface area contributed by atoms with Gasteiger partial charge in [-0.1, -0.05) is 12.5 Å². The van der Waals surface area contributed by atoms with E-state index in [0.717, 1.165) is 42.1 Å². The number of hydrogen-bond acceptors (Lipinski definition) is 6. The van der Waals surface area contributed by atoms with Crippen LogP contribution in [0.5, 0.6) is 0 Å². The van der Waals surface area contributed by atoms with E-state index in [2.05, 4.69) is 20.8 Å². The van der Waals surface area contributed by atoms with Crippen LogP contribution in [0.2, 0.25) is 0 Å². The number of urea groups is 1. The summed E-state index contributed by atoms with van der Waals surface area (Å²) in [6.07, 6.45) is 7.50. The average Bonchev–Trinajstić information content (AvgIpc) is 3.52. The van der Waals surface area contributed by atoms with Crippen LogP contribution in [0.1, 0.15) is 43.7 Å². The molecule has 0 spiro atoms. The van der Waals surface area contributed by atoms with Crippen molar-refractivity contribution in [1.29, 1.82) is 0 Å². The quantitative estimate of drug-likeness (QED) is 0.349. The summed E-state index contributed by atoms with van der Waals surface area (Å²) in [5, 5.41) is 13.9. The van der Waals surface area contributed by atoms with Crippen LogP contribution in [0.4, 0.5) is 4.79 Å². The van der Waals surface area contributed by atoms with Gasteiger partial charge in [-0.3, -0.25) is 18.9 Å². The van der Waals surface area contributed by atoms with Gasteiger partial charge in [-0.15, -0.1) is 10.2 Å². The number of unbranched alkanes of at least 4 members (excludes halogenated alkanes) is 2. The third-order valence-electron chi connectivity index (χ3n) is 5.44. The molecule has 32 heavy (non-hydrogen) atoms. The van der Waals surface area contributed by atoms with Crippen LogP contribution in [0.3, 0.4) is 0 Å². The number of aryl methyl sites for hydroxylation is 1. The Kier molecular flexibility index (Phi) is 6.78. The van der Waals surface area contributed by atoms with Crippen LogP contribution >= 0.6 is 0 Å². The van der Waals surface area contributed by atoms with Gasteiger partial charge in [0.15, 0.2) is 5.65 Å². The molecule has 0 aliphatic carbocycles. The lowest BCUT2D eigenvalue weighted by atomic mass is 10.1. The smallest absolute Gasteiger partial charge is 0.325 e. The van der Waals surface area contributed by atoms with Crippen LogP contribution in [0, 0.1) is 0 Å². The second-order valence-electron chi connectivity index (χ2n) is 7.75. The second-order valence-corrected chi connectivity index (χ2v) is 7.75. The molecular weight excluding hydrogens is 412 g/mol. The largest absolute Gasteiger partial charge is 0.467 e. The molecule has 10 nitrogen and oxygen atoms in total. The van der Waals surface area contributed by atoms with Crippen molar-refractivity contribution in [2.75, 3.05) is 6.54 Å². The standard InChI is InChI=1S/C22H26N6O4/c29-20(11-10-17-21(30)28(22(31)24-17)15-16-7-6-14-32-16)23-12-4-1-2-8-18-25-26-19-9-3-5-13-27(18)19/h3,5-7,9,13-14,17H,1-2,4,8,10-12,15H2,(H,23,29)(H,24,31)/t17-/m0/s1. The molecule has 1 atom stereocenters. The minimum absolute atomic E-state index is 0.0883. The maximum Gasteiger partial charge on any atom is 0.325 e. The lowest BCUT2D eigenvalue weighted by molar-refractivity contribution is -0.128. The van der Waals surface area contributed by atoms with E-state index in [1.165, 1.54) is 6.26 Å². The highest BCUT2D eigenvalue weighted by atomic mass is 16.3. The van der Waals surface area contributed by atoms with E-state index >= 15 is 0 Å². The number of amides is 4. The lowest BCUT2D eigenvalue weighted by Crippen LogP contribution is -2.32. The Balaban J connectivity index is 1.10. The maximum absolute atomic E-state index is 12.4. The van der Waals surface area contributed by atoms with Gasteiger partial charge in [0.05, 0.1) is 12.8 Å². The first-order valence-corrected chi connectivity index (χ1v) is 10.8. The highest BCUT2D eigenvalue weighted by Crippen LogP contribution is 2.15. The topological polar surface area (TPSA) is 122 Å². The van der Waals surface area contributed by atoms with Crippen LogP contribution in [0.25, 0.3) is 5.65 Å². The molecule has 3 aromatic rings. The molecule has 1 fully saturated rings. The first kappa shape index (κ1) is 21.5. The summed E-state index contributed by atoms with van der Waals surface area (Å²) in [4.78, 5) is 37.7. The van der Waals surface area contributed by atoms with Crippen molar-refractivity contribution in [3.8, 4) is 0 Å². The molecular formula is C22H26N6O4. The fraction of sp³-hybridized carbons (Fsp3) is 0.409. The minimum Gasteiger partial charge on any atom is -0.467 e. The summed E-state index contributed by atoms with van der Waals surface area (Å²) in [5.74, 6) is 1.01. The van der Waals surface area contributed by atoms with E-state index in [9.17, 15) is 14.4 Å². The molecule has 0 bridgehead atoms. The molecule has 3 aromatic heterocycles. The predicted octanol–water partition coefficient (Wildman–Crippen LogP) is 2.05. The molecule has 10 heteroatoms. The Bertz CT molecular complexity index is 1080. The van der Waals surface area contributed by atoms with Crippen molar-refractivity contribution in [2.24, 2.45) is 0 Å². The summed E-state index contributed by atoms with van der Waals surface area (Å²) in [6, 6.07) is 8.08. The zero-order valence-electron chi connectivity index (χ0n) is 17.7. The lowest BCUT2D eigenvalue weighted by Gasteiger charge is -2.11. The van der Waals surface area contributed by atoms with Crippen molar-refractivity contribution in [3.05, 3.63) is 54.4 Å². The zero-order chi connectivity index (χ0) is 22.3. The molecule has 0 unspecified atom stereocenters. The summed E-state index contributed by atoms with van der Waals surface area (Å²) in [7, 11) is 0. The van der Waals surface area contributed by atoms with Gasteiger partial charge in [-0.25, -0.2) is 4.79 Å². The van der Waals surface area contributed by atoms with Crippen LogP contribution in [0.15, 0.2) is 47.2 Å². The van der Waals surface area contributed by atoms with Gasteiger partial charge < -0.3 is 15.1 Å². The molecule has 1 aliphatic heterocycles. The number of nitrogens with zero attached hydrogens (tertiary/aromatic N) is 4. The number of nitrogens with one attached hydrogen (secondary N) is 2. The molecule has 168 valence electrons. The third kappa shape index (κ3) is 5.13. The van der Waals surface area contributed by atoms with Crippen LogP contribution < -0.4 is 10.6 Å². The van der Waals surface area contributed by atoms with Gasteiger partial charge in [-0.05, 0) is 43.5 Å². The number of hydrogen-bond donors (Lipinski definition) is 2. The molecule has 0 saturated carbocycles. The number of imide groups is 1. The third-order valence-corrected chi connectivity index (χ3v) is 5.44. The summed E-state index contributed by atoms with van der Waals surface area (Å²) in [6.45, 7) is 0.667. The fourth-order valence-electron chi connectivity index (χ4n) is 3.72. The molecule has 4 rings (SSSR count). The molecule has 1 saturated heterocycles. The average molecular weight is 438 g/mol. The number of carbonyl (C=O) groups excluding carboxylic acids is 3. The van der Waals surface area contributed by atoms with E-state index in [0.29, 0.717) is 12.3 Å². The molecule has 2 N–H and O–H groups in total. The number of carbonyl (C=O) groups is 3.